The maximum absolute atomic E-state index is 12.9. The lowest BCUT2D eigenvalue weighted by Gasteiger charge is -2.36. The van der Waals surface area contributed by atoms with Crippen molar-refractivity contribution in [2.75, 3.05) is 44.2 Å². The molecule has 34 heavy (non-hydrogen) atoms. The molecule has 0 saturated carbocycles. The van der Waals surface area contributed by atoms with Crippen molar-refractivity contribution in [1.82, 2.24) is 10.2 Å². The van der Waals surface area contributed by atoms with Crippen molar-refractivity contribution in [3.05, 3.63) is 90.0 Å². The number of hydrogen-bond donors (Lipinski definition) is 1. The molecule has 4 aromatic carbocycles. The standard InChI is InChI=1S/C30H33N3O/c1-23-9-2-5-14-29(23)33-19-17-32(18-20-33)16-7-6-15-31-30(34)27-13-8-12-26-21-24-10-3-4-11-25(24)22-28(26)27/h2-5,8-14,21-22H,6-7,15-20H2,1H3,(H,31,34). The van der Waals surface area contributed by atoms with Crippen LogP contribution in [0.4, 0.5) is 5.69 Å². The van der Waals surface area contributed by atoms with E-state index in [2.05, 4.69) is 82.7 Å². The molecule has 0 spiro atoms. The molecule has 4 heteroatoms. The van der Waals surface area contributed by atoms with Gasteiger partial charge in [-0.05, 0) is 77.7 Å². The number of nitrogens with one attached hydrogen (secondary N) is 1. The molecule has 1 N–H and O–H groups in total. The van der Waals surface area contributed by atoms with Crippen molar-refractivity contribution in [1.29, 1.82) is 0 Å². The number of para-hydroxylation sites is 1. The molecule has 0 atom stereocenters. The van der Waals surface area contributed by atoms with Crippen LogP contribution in [0.1, 0.15) is 28.8 Å². The molecule has 0 radical (unpaired) electrons. The van der Waals surface area contributed by atoms with Crippen LogP contribution in [-0.2, 0) is 0 Å². The van der Waals surface area contributed by atoms with Crippen molar-refractivity contribution < 1.29 is 4.79 Å². The number of aryl methyl sites for hydroxylation is 1. The number of carbonyl (C=O) groups is 1. The third-order valence-corrected chi connectivity index (χ3v) is 7.01. The van der Waals surface area contributed by atoms with Gasteiger partial charge in [0.05, 0.1) is 0 Å². The molecule has 1 saturated heterocycles. The lowest BCUT2D eigenvalue weighted by Crippen LogP contribution is -2.46. The van der Waals surface area contributed by atoms with Crippen molar-refractivity contribution in [3.8, 4) is 0 Å². The van der Waals surface area contributed by atoms with E-state index in [9.17, 15) is 4.79 Å². The summed E-state index contributed by atoms with van der Waals surface area (Å²) in [6.45, 7) is 8.37. The van der Waals surface area contributed by atoms with Crippen LogP contribution in [0.3, 0.4) is 0 Å². The summed E-state index contributed by atoms with van der Waals surface area (Å²) >= 11 is 0. The van der Waals surface area contributed by atoms with Gasteiger partial charge in [0.2, 0.25) is 0 Å². The Morgan fingerprint density at radius 2 is 1.50 bits per heavy atom. The first-order valence-corrected chi connectivity index (χ1v) is 12.4. The number of rotatable bonds is 7. The predicted octanol–water partition coefficient (Wildman–Crippen LogP) is 5.63. The number of anilines is 1. The summed E-state index contributed by atoms with van der Waals surface area (Å²) in [7, 11) is 0. The highest BCUT2D eigenvalue weighted by atomic mass is 16.1. The number of carbonyl (C=O) groups excluding carboxylic acids is 1. The summed E-state index contributed by atoms with van der Waals surface area (Å²) in [6, 6.07) is 27.3. The summed E-state index contributed by atoms with van der Waals surface area (Å²) in [4.78, 5) is 18.0. The minimum absolute atomic E-state index is 0.0210. The maximum atomic E-state index is 12.9. The smallest absolute Gasteiger partial charge is 0.251 e. The van der Waals surface area contributed by atoms with Gasteiger partial charge < -0.3 is 10.2 Å². The van der Waals surface area contributed by atoms with Crippen molar-refractivity contribution in [3.63, 3.8) is 0 Å². The average molecular weight is 452 g/mol. The highest BCUT2D eigenvalue weighted by molar-refractivity contribution is 6.10. The number of hydrogen-bond acceptors (Lipinski definition) is 3. The van der Waals surface area contributed by atoms with Gasteiger partial charge in [0, 0.05) is 44.0 Å². The van der Waals surface area contributed by atoms with Crippen molar-refractivity contribution in [2.24, 2.45) is 0 Å². The van der Waals surface area contributed by atoms with Gasteiger partial charge in [0.1, 0.15) is 0 Å². The number of amides is 1. The fourth-order valence-corrected chi connectivity index (χ4v) is 5.05. The third kappa shape index (κ3) is 4.92. The van der Waals surface area contributed by atoms with Crippen molar-refractivity contribution in [2.45, 2.75) is 19.8 Å². The first-order chi connectivity index (χ1) is 16.7. The molecular formula is C30H33N3O. The number of nitrogens with zero attached hydrogens (tertiary/aromatic N) is 2. The van der Waals surface area contributed by atoms with E-state index in [0.717, 1.165) is 67.3 Å². The SMILES string of the molecule is Cc1ccccc1N1CCN(CCCCNC(=O)c2cccc3cc4ccccc4cc23)CC1. The number of benzene rings is 4. The molecule has 174 valence electrons. The van der Waals surface area contributed by atoms with E-state index in [4.69, 9.17) is 0 Å². The van der Waals surface area contributed by atoms with E-state index in [-0.39, 0.29) is 5.91 Å². The number of unbranched alkanes of at least 4 members (excludes halogenated alkanes) is 1. The second-order valence-corrected chi connectivity index (χ2v) is 9.30. The minimum Gasteiger partial charge on any atom is -0.369 e. The second kappa shape index (κ2) is 10.3. The minimum atomic E-state index is 0.0210. The van der Waals surface area contributed by atoms with Crippen molar-refractivity contribution >= 4 is 33.1 Å². The summed E-state index contributed by atoms with van der Waals surface area (Å²) in [5.41, 5.74) is 3.48. The van der Waals surface area contributed by atoms with E-state index < -0.39 is 0 Å². The Labute approximate surface area is 202 Å². The Kier molecular flexibility index (Phi) is 6.77. The van der Waals surface area contributed by atoms with E-state index >= 15 is 0 Å². The molecule has 0 unspecified atom stereocenters. The summed E-state index contributed by atoms with van der Waals surface area (Å²) in [5.74, 6) is 0.0210. The molecule has 1 aliphatic heterocycles. The van der Waals surface area contributed by atoms with E-state index in [1.54, 1.807) is 0 Å². The van der Waals surface area contributed by atoms with Gasteiger partial charge in [0.25, 0.3) is 5.91 Å². The van der Waals surface area contributed by atoms with Gasteiger partial charge in [-0.15, -0.1) is 0 Å². The fourth-order valence-electron chi connectivity index (χ4n) is 5.05. The monoisotopic (exact) mass is 451 g/mol. The Bertz CT molecular complexity index is 1290. The molecule has 1 fully saturated rings. The molecule has 4 nitrogen and oxygen atoms in total. The quantitative estimate of drug-likeness (QED) is 0.292. The largest absolute Gasteiger partial charge is 0.369 e. The molecule has 0 aliphatic carbocycles. The molecule has 1 amide bonds. The molecule has 1 aliphatic rings. The number of fused-ring (bicyclic) bond motifs is 2. The van der Waals surface area contributed by atoms with Gasteiger partial charge in [-0.3, -0.25) is 9.69 Å². The van der Waals surface area contributed by atoms with Crippen LogP contribution in [0.15, 0.2) is 78.9 Å². The highest BCUT2D eigenvalue weighted by Crippen LogP contribution is 2.25. The Balaban J connectivity index is 1.09. The van der Waals surface area contributed by atoms with Crippen LogP contribution >= 0.6 is 0 Å². The fraction of sp³-hybridized carbons (Fsp3) is 0.300. The lowest BCUT2D eigenvalue weighted by molar-refractivity contribution is 0.0954. The second-order valence-electron chi connectivity index (χ2n) is 9.30. The van der Waals surface area contributed by atoms with Crippen LogP contribution in [0.25, 0.3) is 21.5 Å². The Morgan fingerprint density at radius 1 is 0.794 bits per heavy atom. The van der Waals surface area contributed by atoms with Crippen LogP contribution in [0.5, 0.6) is 0 Å². The molecule has 0 bridgehead atoms. The Hall–Kier alpha value is -3.37. The number of piperazine rings is 1. The predicted molar refractivity (Wildman–Crippen MR) is 143 cm³/mol. The maximum Gasteiger partial charge on any atom is 0.251 e. The molecular weight excluding hydrogens is 418 g/mol. The summed E-state index contributed by atoms with van der Waals surface area (Å²) in [6.07, 6.45) is 2.10. The lowest BCUT2D eigenvalue weighted by atomic mass is 9.99. The molecule has 0 aromatic heterocycles. The van der Waals surface area contributed by atoms with Crippen LogP contribution < -0.4 is 10.2 Å². The van der Waals surface area contributed by atoms with E-state index in [1.165, 1.54) is 16.6 Å². The molecule has 1 heterocycles. The topological polar surface area (TPSA) is 35.6 Å². The third-order valence-electron chi connectivity index (χ3n) is 7.01. The molecule has 4 aromatic rings. The van der Waals surface area contributed by atoms with Gasteiger partial charge in [-0.25, -0.2) is 0 Å². The summed E-state index contributed by atoms with van der Waals surface area (Å²) < 4.78 is 0. The zero-order valence-corrected chi connectivity index (χ0v) is 20.0. The highest BCUT2D eigenvalue weighted by Gasteiger charge is 2.18. The van der Waals surface area contributed by atoms with E-state index in [1.807, 2.05) is 18.2 Å². The first-order valence-electron chi connectivity index (χ1n) is 12.4. The normalized spacial score (nSPS) is 14.6. The van der Waals surface area contributed by atoms with Gasteiger partial charge in [-0.2, -0.15) is 0 Å². The molecule has 5 rings (SSSR count). The van der Waals surface area contributed by atoms with Gasteiger partial charge in [0.15, 0.2) is 0 Å². The van der Waals surface area contributed by atoms with E-state index in [0.29, 0.717) is 6.54 Å². The zero-order valence-electron chi connectivity index (χ0n) is 20.0. The zero-order chi connectivity index (χ0) is 23.3. The van der Waals surface area contributed by atoms with Crippen LogP contribution in [-0.4, -0.2) is 50.1 Å². The van der Waals surface area contributed by atoms with Gasteiger partial charge >= 0.3 is 0 Å². The summed E-state index contributed by atoms with van der Waals surface area (Å²) in [5, 5.41) is 7.64. The van der Waals surface area contributed by atoms with Crippen LogP contribution in [0.2, 0.25) is 0 Å². The van der Waals surface area contributed by atoms with Gasteiger partial charge in [-0.1, -0.05) is 54.6 Å². The average Bonchev–Trinajstić information content (AvgIpc) is 2.87. The first kappa shape index (κ1) is 22.4. The van der Waals surface area contributed by atoms with Crippen LogP contribution in [0, 0.1) is 6.92 Å². The Morgan fingerprint density at radius 3 is 2.29 bits per heavy atom.